The number of benzene rings is 1. The first kappa shape index (κ1) is 13.1. The quantitative estimate of drug-likeness (QED) is 0.796. The molecule has 2 aromatic rings. The van der Waals surface area contributed by atoms with E-state index in [-0.39, 0.29) is 0 Å². The van der Waals surface area contributed by atoms with Crippen molar-refractivity contribution in [2.45, 2.75) is 25.7 Å². The first-order chi connectivity index (χ1) is 9.65. The highest BCUT2D eigenvalue weighted by atomic mass is 79.9. The summed E-state index contributed by atoms with van der Waals surface area (Å²) in [6.07, 6.45) is 2.28. The van der Waals surface area contributed by atoms with E-state index in [1.807, 2.05) is 13.0 Å². The fourth-order valence-corrected chi connectivity index (χ4v) is 2.26. The molecule has 1 aliphatic carbocycles. The third-order valence-corrected chi connectivity index (χ3v) is 3.57. The Morgan fingerprint density at radius 1 is 1.30 bits per heavy atom. The summed E-state index contributed by atoms with van der Waals surface area (Å²) in [5.41, 5.74) is 1.54. The number of aryl methyl sites for hydroxylation is 1. The molecule has 3 rings (SSSR count). The van der Waals surface area contributed by atoms with Crippen LogP contribution in [-0.2, 0) is 0 Å². The Balaban J connectivity index is 1.93. The van der Waals surface area contributed by atoms with Crippen molar-refractivity contribution >= 4 is 15.9 Å². The molecule has 1 aromatic heterocycles. The topological polar surface area (TPSA) is 58.8 Å². The Labute approximate surface area is 125 Å². The predicted octanol–water partition coefficient (Wildman–Crippen LogP) is 4.09. The van der Waals surface area contributed by atoms with Gasteiger partial charge in [-0.1, -0.05) is 6.07 Å². The minimum atomic E-state index is 0.460. The van der Waals surface area contributed by atoms with E-state index in [9.17, 15) is 0 Å². The van der Waals surface area contributed by atoms with Crippen LogP contribution in [0.25, 0.3) is 0 Å². The summed E-state index contributed by atoms with van der Waals surface area (Å²) in [4.78, 5) is 8.81. The molecule has 0 spiro atoms. The van der Waals surface area contributed by atoms with Gasteiger partial charge in [-0.2, -0.15) is 10.2 Å². The molecule has 0 aliphatic heterocycles. The summed E-state index contributed by atoms with van der Waals surface area (Å²) in [5, 5.41) is 8.95. The highest BCUT2D eigenvalue weighted by Crippen LogP contribution is 2.39. The lowest BCUT2D eigenvalue weighted by Gasteiger charge is -2.09. The molecule has 4 nitrogen and oxygen atoms in total. The molecule has 0 bridgehead atoms. The van der Waals surface area contributed by atoms with E-state index in [0.717, 1.165) is 28.8 Å². The molecule has 100 valence electrons. The Morgan fingerprint density at radius 3 is 2.80 bits per heavy atom. The molecule has 5 heteroatoms. The molecule has 1 saturated carbocycles. The van der Waals surface area contributed by atoms with E-state index in [0.29, 0.717) is 23.1 Å². The summed E-state index contributed by atoms with van der Waals surface area (Å²) in [6.45, 7) is 1.94. The number of halogens is 1. The van der Waals surface area contributed by atoms with Crippen LogP contribution in [0.1, 0.15) is 35.7 Å². The molecule has 1 aliphatic rings. The summed E-state index contributed by atoms with van der Waals surface area (Å²) < 4.78 is 6.54. The first-order valence-electron chi connectivity index (χ1n) is 6.39. The lowest BCUT2D eigenvalue weighted by molar-refractivity contribution is 0.454. The van der Waals surface area contributed by atoms with Gasteiger partial charge in [-0.3, -0.25) is 0 Å². The van der Waals surface area contributed by atoms with Gasteiger partial charge in [0.1, 0.15) is 16.2 Å². The molecule has 0 amide bonds. The van der Waals surface area contributed by atoms with Crippen molar-refractivity contribution in [3.8, 4) is 17.7 Å². The number of rotatable bonds is 3. The maximum Gasteiger partial charge on any atom is 0.223 e. The van der Waals surface area contributed by atoms with Crippen LogP contribution in [0.4, 0.5) is 0 Å². The second kappa shape index (κ2) is 5.22. The molecule has 20 heavy (non-hydrogen) atoms. The number of hydrogen-bond donors (Lipinski definition) is 0. The lowest BCUT2D eigenvalue weighted by atomic mass is 10.1. The van der Waals surface area contributed by atoms with E-state index in [1.54, 1.807) is 18.2 Å². The molecule has 0 N–H and O–H groups in total. The number of nitriles is 1. The normalized spacial score (nSPS) is 13.8. The summed E-state index contributed by atoms with van der Waals surface area (Å²) in [5.74, 6) is 2.44. The van der Waals surface area contributed by atoms with Gasteiger partial charge in [-0.15, -0.1) is 0 Å². The molecule has 0 atom stereocenters. The van der Waals surface area contributed by atoms with Crippen LogP contribution in [0.3, 0.4) is 0 Å². The molecule has 0 unspecified atom stereocenters. The zero-order valence-corrected chi connectivity index (χ0v) is 12.5. The zero-order chi connectivity index (χ0) is 14.1. The van der Waals surface area contributed by atoms with Gasteiger partial charge in [-0.25, -0.2) is 4.98 Å². The van der Waals surface area contributed by atoms with Crippen molar-refractivity contribution < 1.29 is 4.74 Å². The van der Waals surface area contributed by atoms with Crippen LogP contribution in [0.15, 0.2) is 28.9 Å². The lowest BCUT2D eigenvalue weighted by Crippen LogP contribution is -1.97. The number of nitrogens with zero attached hydrogens (tertiary/aromatic N) is 3. The summed E-state index contributed by atoms with van der Waals surface area (Å²) >= 11 is 3.39. The van der Waals surface area contributed by atoms with Crippen LogP contribution in [0.2, 0.25) is 0 Å². The van der Waals surface area contributed by atoms with Gasteiger partial charge >= 0.3 is 0 Å². The number of ether oxygens (including phenoxy) is 1. The van der Waals surface area contributed by atoms with Gasteiger partial charge in [0.05, 0.1) is 11.6 Å². The maximum absolute atomic E-state index is 8.95. The van der Waals surface area contributed by atoms with Crippen LogP contribution < -0.4 is 4.74 Å². The highest BCUT2D eigenvalue weighted by Gasteiger charge is 2.27. The highest BCUT2D eigenvalue weighted by molar-refractivity contribution is 9.10. The van der Waals surface area contributed by atoms with Gasteiger partial charge in [0.25, 0.3) is 0 Å². The van der Waals surface area contributed by atoms with E-state index in [2.05, 4.69) is 32.0 Å². The van der Waals surface area contributed by atoms with E-state index >= 15 is 0 Å². The standard InChI is InChI=1S/C15H12BrN3O/c1-9-2-3-10(8-17)6-12(9)20-14-7-13(16)18-15(19-14)11-4-5-11/h2-3,6-7,11H,4-5H2,1H3. The van der Waals surface area contributed by atoms with Crippen molar-refractivity contribution in [2.75, 3.05) is 0 Å². The predicted molar refractivity (Wildman–Crippen MR) is 77.7 cm³/mol. The molecule has 1 aromatic carbocycles. The average Bonchev–Trinajstić information content (AvgIpc) is 3.25. The number of aromatic nitrogens is 2. The fourth-order valence-electron chi connectivity index (χ4n) is 1.88. The molecule has 0 saturated heterocycles. The minimum absolute atomic E-state index is 0.460. The Bertz CT molecular complexity index is 705. The van der Waals surface area contributed by atoms with Crippen molar-refractivity contribution in [2.24, 2.45) is 0 Å². The van der Waals surface area contributed by atoms with Crippen molar-refractivity contribution in [1.82, 2.24) is 9.97 Å². The molecular formula is C15H12BrN3O. The summed E-state index contributed by atoms with van der Waals surface area (Å²) in [7, 11) is 0. The van der Waals surface area contributed by atoms with Gasteiger partial charge in [0.15, 0.2) is 0 Å². The Kier molecular flexibility index (Phi) is 3.41. The van der Waals surface area contributed by atoms with Crippen LogP contribution in [-0.4, -0.2) is 9.97 Å². The molecule has 1 fully saturated rings. The van der Waals surface area contributed by atoms with Crippen molar-refractivity contribution in [3.05, 3.63) is 45.8 Å². The van der Waals surface area contributed by atoms with Crippen LogP contribution in [0.5, 0.6) is 11.6 Å². The Hall–Kier alpha value is -1.93. The van der Waals surface area contributed by atoms with E-state index in [1.165, 1.54) is 0 Å². The smallest absolute Gasteiger partial charge is 0.223 e. The fraction of sp³-hybridized carbons (Fsp3) is 0.267. The van der Waals surface area contributed by atoms with E-state index < -0.39 is 0 Å². The zero-order valence-electron chi connectivity index (χ0n) is 10.9. The average molecular weight is 330 g/mol. The van der Waals surface area contributed by atoms with Crippen molar-refractivity contribution in [1.29, 1.82) is 5.26 Å². The number of hydrogen-bond acceptors (Lipinski definition) is 4. The van der Waals surface area contributed by atoms with Gasteiger partial charge in [0.2, 0.25) is 5.88 Å². The SMILES string of the molecule is Cc1ccc(C#N)cc1Oc1cc(Br)nc(C2CC2)n1. The van der Waals surface area contributed by atoms with Gasteiger partial charge in [0, 0.05) is 12.0 Å². The van der Waals surface area contributed by atoms with Crippen LogP contribution in [0, 0.1) is 18.3 Å². The molecule has 0 radical (unpaired) electrons. The molecule has 1 heterocycles. The largest absolute Gasteiger partial charge is 0.439 e. The molecular weight excluding hydrogens is 318 g/mol. The van der Waals surface area contributed by atoms with E-state index in [4.69, 9.17) is 10.00 Å². The monoisotopic (exact) mass is 329 g/mol. The first-order valence-corrected chi connectivity index (χ1v) is 7.18. The van der Waals surface area contributed by atoms with Crippen LogP contribution >= 0.6 is 15.9 Å². The van der Waals surface area contributed by atoms with Crippen molar-refractivity contribution in [3.63, 3.8) is 0 Å². The van der Waals surface area contributed by atoms with Gasteiger partial charge in [-0.05, 0) is 53.4 Å². The second-order valence-electron chi connectivity index (χ2n) is 4.86. The maximum atomic E-state index is 8.95. The Morgan fingerprint density at radius 2 is 2.10 bits per heavy atom. The second-order valence-corrected chi connectivity index (χ2v) is 5.67. The third-order valence-electron chi connectivity index (χ3n) is 3.16. The van der Waals surface area contributed by atoms with Gasteiger partial charge < -0.3 is 4.74 Å². The minimum Gasteiger partial charge on any atom is -0.439 e. The third kappa shape index (κ3) is 2.81. The summed E-state index contributed by atoms with van der Waals surface area (Å²) in [6, 6.07) is 9.21.